The van der Waals surface area contributed by atoms with E-state index >= 15 is 0 Å². The zero-order valence-electron chi connectivity index (χ0n) is 15.4. The van der Waals surface area contributed by atoms with Gasteiger partial charge in [0.2, 0.25) is 5.91 Å². The van der Waals surface area contributed by atoms with Crippen LogP contribution >= 0.6 is 0 Å². The molecule has 0 aliphatic heterocycles. The first-order chi connectivity index (χ1) is 12.5. The number of hydrogen-bond donors (Lipinski definition) is 0. The van der Waals surface area contributed by atoms with Gasteiger partial charge < -0.3 is 4.90 Å². The number of para-hydroxylation sites is 1. The van der Waals surface area contributed by atoms with E-state index in [4.69, 9.17) is 4.98 Å². The van der Waals surface area contributed by atoms with Crippen LogP contribution in [0.25, 0.3) is 22.3 Å². The number of aromatic nitrogens is 2. The molecule has 5 heteroatoms. The maximum atomic E-state index is 13.1. The molecule has 26 heavy (non-hydrogen) atoms. The number of rotatable bonds is 5. The van der Waals surface area contributed by atoms with Gasteiger partial charge in [-0.2, -0.15) is 0 Å². The fourth-order valence-corrected chi connectivity index (χ4v) is 3.13. The van der Waals surface area contributed by atoms with Crippen LogP contribution in [-0.4, -0.2) is 33.4 Å². The second-order valence-corrected chi connectivity index (χ2v) is 6.28. The third-order valence-electron chi connectivity index (χ3n) is 4.55. The third kappa shape index (κ3) is 3.38. The minimum atomic E-state index is -0.187. The van der Waals surface area contributed by atoms with Crippen molar-refractivity contribution in [1.82, 2.24) is 14.5 Å². The first-order valence-electron chi connectivity index (χ1n) is 8.89. The quantitative estimate of drug-likeness (QED) is 0.710. The molecule has 0 bridgehead atoms. The molecule has 0 aliphatic rings. The van der Waals surface area contributed by atoms with Crippen molar-refractivity contribution in [1.29, 1.82) is 0 Å². The van der Waals surface area contributed by atoms with Gasteiger partial charge in [-0.3, -0.25) is 14.2 Å². The number of amides is 1. The van der Waals surface area contributed by atoms with E-state index < -0.39 is 0 Å². The number of carbonyl (C=O) groups excluding carboxylic acids is 1. The highest BCUT2D eigenvalue weighted by Crippen LogP contribution is 2.20. The van der Waals surface area contributed by atoms with Crippen molar-refractivity contribution >= 4 is 16.8 Å². The molecule has 0 spiro atoms. The highest BCUT2D eigenvalue weighted by molar-refractivity contribution is 5.81. The number of hydrogen-bond acceptors (Lipinski definition) is 3. The third-order valence-corrected chi connectivity index (χ3v) is 4.55. The maximum absolute atomic E-state index is 13.1. The largest absolute Gasteiger partial charge is 0.342 e. The van der Waals surface area contributed by atoms with E-state index in [0.717, 1.165) is 11.1 Å². The summed E-state index contributed by atoms with van der Waals surface area (Å²) in [6, 6.07) is 15.1. The van der Waals surface area contributed by atoms with Crippen LogP contribution in [0.2, 0.25) is 0 Å². The monoisotopic (exact) mass is 349 g/mol. The summed E-state index contributed by atoms with van der Waals surface area (Å²) in [7, 11) is 0. The van der Waals surface area contributed by atoms with Crippen LogP contribution in [0.5, 0.6) is 0 Å². The molecule has 1 amide bonds. The van der Waals surface area contributed by atoms with Gasteiger partial charge in [0.1, 0.15) is 12.4 Å². The molecule has 0 fully saturated rings. The van der Waals surface area contributed by atoms with Gasteiger partial charge in [0.25, 0.3) is 5.56 Å². The van der Waals surface area contributed by atoms with E-state index in [1.54, 1.807) is 11.0 Å². The van der Waals surface area contributed by atoms with Crippen LogP contribution in [0.4, 0.5) is 0 Å². The molecule has 0 saturated heterocycles. The van der Waals surface area contributed by atoms with E-state index in [1.807, 2.05) is 63.2 Å². The van der Waals surface area contributed by atoms with Crippen molar-refractivity contribution in [3.05, 3.63) is 64.4 Å². The Kier molecular flexibility index (Phi) is 5.16. The standard InChI is InChI=1S/C21H23N3O2/c1-4-23(5-2)19(25)14-24-20(16-10-8-9-15(3)13-16)22-18-12-7-6-11-17(18)21(24)26/h6-13H,4-5,14H2,1-3H3. The van der Waals surface area contributed by atoms with Gasteiger partial charge in [-0.05, 0) is 39.0 Å². The first-order valence-corrected chi connectivity index (χ1v) is 8.89. The van der Waals surface area contributed by atoms with E-state index in [9.17, 15) is 9.59 Å². The van der Waals surface area contributed by atoms with Crippen molar-refractivity contribution in [2.75, 3.05) is 13.1 Å². The molecular formula is C21H23N3O2. The van der Waals surface area contributed by atoms with Crippen LogP contribution in [-0.2, 0) is 11.3 Å². The van der Waals surface area contributed by atoms with Crippen LogP contribution in [0, 0.1) is 6.92 Å². The van der Waals surface area contributed by atoms with Crippen LogP contribution in [0.15, 0.2) is 53.3 Å². The van der Waals surface area contributed by atoms with Crippen LogP contribution < -0.4 is 5.56 Å². The number of benzene rings is 2. The Labute approximate surface area is 152 Å². The SMILES string of the molecule is CCN(CC)C(=O)Cn1c(-c2cccc(C)c2)nc2ccccc2c1=O. The van der Waals surface area contributed by atoms with Gasteiger partial charge in [0.05, 0.1) is 10.9 Å². The molecule has 5 nitrogen and oxygen atoms in total. The fourth-order valence-electron chi connectivity index (χ4n) is 3.13. The number of nitrogens with zero attached hydrogens (tertiary/aromatic N) is 3. The van der Waals surface area contributed by atoms with Gasteiger partial charge in [0.15, 0.2) is 0 Å². The lowest BCUT2D eigenvalue weighted by Crippen LogP contribution is -2.37. The average molecular weight is 349 g/mol. The smallest absolute Gasteiger partial charge is 0.262 e. The maximum Gasteiger partial charge on any atom is 0.262 e. The number of likely N-dealkylation sites (N-methyl/N-ethyl adjacent to an activating group) is 1. The molecule has 3 rings (SSSR count). The van der Waals surface area contributed by atoms with E-state index in [2.05, 4.69) is 0 Å². The minimum Gasteiger partial charge on any atom is -0.342 e. The molecule has 0 saturated carbocycles. The minimum absolute atomic E-state index is 0.0123. The molecule has 2 aromatic carbocycles. The molecule has 0 unspecified atom stereocenters. The molecule has 0 aliphatic carbocycles. The highest BCUT2D eigenvalue weighted by atomic mass is 16.2. The summed E-state index contributed by atoms with van der Waals surface area (Å²) in [5.74, 6) is 0.445. The average Bonchev–Trinajstić information content (AvgIpc) is 2.65. The molecular weight excluding hydrogens is 326 g/mol. The normalized spacial score (nSPS) is 10.9. The number of aryl methyl sites for hydroxylation is 1. The second kappa shape index (κ2) is 7.52. The lowest BCUT2D eigenvalue weighted by molar-refractivity contribution is -0.131. The van der Waals surface area contributed by atoms with Gasteiger partial charge in [-0.15, -0.1) is 0 Å². The zero-order valence-corrected chi connectivity index (χ0v) is 15.4. The predicted molar refractivity (Wildman–Crippen MR) is 104 cm³/mol. The Morgan fingerprint density at radius 1 is 1.08 bits per heavy atom. The molecule has 0 N–H and O–H groups in total. The van der Waals surface area contributed by atoms with Gasteiger partial charge in [0, 0.05) is 18.7 Å². The summed E-state index contributed by atoms with van der Waals surface area (Å²) in [4.78, 5) is 32.2. The zero-order chi connectivity index (χ0) is 18.7. The Bertz CT molecular complexity index is 1000. The fraction of sp³-hybridized carbons (Fsp3) is 0.286. The highest BCUT2D eigenvalue weighted by Gasteiger charge is 2.17. The summed E-state index contributed by atoms with van der Waals surface area (Å²) < 4.78 is 1.50. The van der Waals surface area contributed by atoms with E-state index in [1.165, 1.54) is 4.57 Å². The van der Waals surface area contributed by atoms with Crippen molar-refractivity contribution in [3.8, 4) is 11.4 Å². The topological polar surface area (TPSA) is 55.2 Å². The molecule has 134 valence electrons. The van der Waals surface area contributed by atoms with Gasteiger partial charge in [-0.1, -0.05) is 35.9 Å². The van der Waals surface area contributed by atoms with Crippen LogP contribution in [0.1, 0.15) is 19.4 Å². The molecule has 3 aromatic rings. The first kappa shape index (κ1) is 17.9. The number of fused-ring (bicyclic) bond motifs is 1. The van der Waals surface area contributed by atoms with Crippen LogP contribution in [0.3, 0.4) is 0 Å². The Balaban J connectivity index is 2.21. The molecule has 0 atom stereocenters. The molecule has 1 heterocycles. The number of carbonyl (C=O) groups is 1. The lowest BCUT2D eigenvalue weighted by atomic mass is 10.1. The Morgan fingerprint density at radius 2 is 1.81 bits per heavy atom. The summed E-state index contributed by atoms with van der Waals surface area (Å²) in [5.41, 5.74) is 2.36. The molecule has 0 radical (unpaired) electrons. The van der Waals surface area contributed by atoms with Crippen molar-refractivity contribution < 1.29 is 4.79 Å². The van der Waals surface area contributed by atoms with Crippen molar-refractivity contribution in [3.63, 3.8) is 0 Å². The summed E-state index contributed by atoms with van der Waals surface area (Å²) in [6.07, 6.45) is 0. The van der Waals surface area contributed by atoms with E-state index in [0.29, 0.717) is 29.8 Å². The van der Waals surface area contributed by atoms with Gasteiger partial charge >= 0.3 is 0 Å². The Morgan fingerprint density at radius 3 is 2.50 bits per heavy atom. The summed E-state index contributed by atoms with van der Waals surface area (Å²) in [6.45, 7) is 7.08. The lowest BCUT2D eigenvalue weighted by Gasteiger charge is -2.20. The summed E-state index contributed by atoms with van der Waals surface area (Å²) in [5, 5.41) is 0.524. The predicted octanol–water partition coefficient (Wildman–Crippen LogP) is 3.24. The van der Waals surface area contributed by atoms with Gasteiger partial charge in [-0.25, -0.2) is 4.98 Å². The van der Waals surface area contributed by atoms with E-state index in [-0.39, 0.29) is 18.0 Å². The second-order valence-electron chi connectivity index (χ2n) is 6.28. The van der Waals surface area contributed by atoms with Crippen molar-refractivity contribution in [2.45, 2.75) is 27.3 Å². The summed E-state index contributed by atoms with van der Waals surface area (Å²) >= 11 is 0. The van der Waals surface area contributed by atoms with Crippen molar-refractivity contribution in [2.24, 2.45) is 0 Å². The Hall–Kier alpha value is -2.95. The molecule has 1 aromatic heterocycles.